The molecule has 6 heteroatoms. The third kappa shape index (κ3) is 4.92. The van der Waals surface area contributed by atoms with Crippen molar-refractivity contribution >= 4 is 11.7 Å². The van der Waals surface area contributed by atoms with Crippen LogP contribution < -0.4 is 10.1 Å². The minimum Gasteiger partial charge on any atom is -0.494 e. The lowest BCUT2D eigenvalue weighted by molar-refractivity contribution is -0.134. The van der Waals surface area contributed by atoms with E-state index in [1.807, 2.05) is 29.2 Å². The maximum absolute atomic E-state index is 12.4. The van der Waals surface area contributed by atoms with E-state index in [-0.39, 0.29) is 23.7 Å². The predicted octanol–water partition coefficient (Wildman–Crippen LogP) is 1.94. The lowest BCUT2D eigenvalue weighted by Crippen LogP contribution is -2.53. The minimum atomic E-state index is 0.0471. The molecule has 2 heterocycles. The second kappa shape index (κ2) is 9.05. The number of nitrogens with zero attached hydrogens (tertiary/aromatic N) is 2. The molecule has 2 saturated heterocycles. The van der Waals surface area contributed by atoms with E-state index < -0.39 is 0 Å². The molecule has 0 aromatic heterocycles. The summed E-state index contributed by atoms with van der Waals surface area (Å²) in [6.45, 7) is 6.16. The fourth-order valence-electron chi connectivity index (χ4n) is 4.08. The molecule has 4 rings (SSSR count). The first-order valence-corrected chi connectivity index (χ1v) is 10.7. The van der Waals surface area contributed by atoms with Crippen molar-refractivity contribution in [3.8, 4) is 5.75 Å². The number of carbonyl (C=O) groups is 2. The molecule has 152 valence electrons. The first-order valence-electron chi connectivity index (χ1n) is 10.7. The third-order valence-corrected chi connectivity index (χ3v) is 6.02. The first-order chi connectivity index (χ1) is 13.7. The Morgan fingerprint density at radius 3 is 2.43 bits per heavy atom. The van der Waals surface area contributed by atoms with Crippen LogP contribution in [0.2, 0.25) is 0 Å². The van der Waals surface area contributed by atoms with Gasteiger partial charge in [-0.15, -0.1) is 0 Å². The molecular weight excluding hydrogens is 354 g/mol. The fraction of sp³-hybridized carbons (Fsp3) is 0.636. The Morgan fingerprint density at radius 1 is 1.04 bits per heavy atom. The van der Waals surface area contributed by atoms with Gasteiger partial charge < -0.3 is 15.0 Å². The number of ketones is 1. The highest BCUT2D eigenvalue weighted by Crippen LogP contribution is 2.32. The maximum Gasteiger partial charge on any atom is 0.239 e. The molecule has 1 aromatic carbocycles. The van der Waals surface area contributed by atoms with Gasteiger partial charge in [0.25, 0.3) is 0 Å². The number of carbonyl (C=O) groups excluding carboxylic acids is 2. The summed E-state index contributed by atoms with van der Waals surface area (Å²) in [4.78, 5) is 28.9. The van der Waals surface area contributed by atoms with E-state index in [0.29, 0.717) is 6.61 Å². The van der Waals surface area contributed by atoms with Crippen molar-refractivity contribution in [2.75, 3.05) is 45.9 Å². The molecule has 3 fully saturated rings. The Kier molecular flexibility index (Phi) is 6.27. The van der Waals surface area contributed by atoms with Gasteiger partial charge in [0.1, 0.15) is 5.75 Å². The molecule has 28 heavy (non-hydrogen) atoms. The zero-order chi connectivity index (χ0) is 19.3. The van der Waals surface area contributed by atoms with Gasteiger partial charge in [-0.3, -0.25) is 14.5 Å². The summed E-state index contributed by atoms with van der Waals surface area (Å²) in [5, 5.41) is 3.30. The Bertz CT molecular complexity index is 673. The van der Waals surface area contributed by atoms with Crippen molar-refractivity contribution in [2.24, 2.45) is 5.92 Å². The molecule has 1 unspecified atom stereocenters. The number of hydrogen-bond donors (Lipinski definition) is 1. The normalized spacial score (nSPS) is 23.0. The van der Waals surface area contributed by atoms with Crippen LogP contribution in [0.1, 0.15) is 42.5 Å². The van der Waals surface area contributed by atoms with Crippen LogP contribution in [0.15, 0.2) is 24.3 Å². The minimum absolute atomic E-state index is 0.0471. The van der Waals surface area contributed by atoms with Crippen molar-refractivity contribution in [3.05, 3.63) is 29.8 Å². The van der Waals surface area contributed by atoms with Crippen molar-refractivity contribution in [3.63, 3.8) is 0 Å². The Morgan fingerprint density at radius 2 is 1.79 bits per heavy atom. The highest BCUT2D eigenvalue weighted by Gasteiger charge is 2.30. The molecule has 0 radical (unpaired) electrons. The predicted molar refractivity (Wildman–Crippen MR) is 108 cm³/mol. The molecule has 1 saturated carbocycles. The SMILES string of the molecule is O=C(c1ccc(OCCCN2CCN(C(=O)C3CCCN3)CC2)cc1)C1CC1. The first kappa shape index (κ1) is 19.4. The lowest BCUT2D eigenvalue weighted by Gasteiger charge is -2.35. The number of amides is 1. The van der Waals surface area contributed by atoms with Gasteiger partial charge in [-0.2, -0.15) is 0 Å². The lowest BCUT2D eigenvalue weighted by atomic mass is 10.1. The van der Waals surface area contributed by atoms with Gasteiger partial charge in [0.15, 0.2) is 5.78 Å². The molecule has 1 atom stereocenters. The van der Waals surface area contributed by atoms with Crippen molar-refractivity contribution < 1.29 is 14.3 Å². The van der Waals surface area contributed by atoms with E-state index in [1.54, 1.807) is 0 Å². The molecule has 2 aliphatic heterocycles. The molecule has 1 aliphatic carbocycles. The van der Waals surface area contributed by atoms with E-state index >= 15 is 0 Å². The quantitative estimate of drug-likeness (QED) is 0.547. The molecule has 1 N–H and O–H groups in total. The van der Waals surface area contributed by atoms with Gasteiger partial charge in [-0.25, -0.2) is 0 Å². The van der Waals surface area contributed by atoms with Gasteiger partial charge in [0, 0.05) is 44.2 Å². The van der Waals surface area contributed by atoms with Gasteiger partial charge in [-0.1, -0.05) is 0 Å². The van der Waals surface area contributed by atoms with Crippen LogP contribution in [0, 0.1) is 5.92 Å². The summed E-state index contributed by atoms with van der Waals surface area (Å²) >= 11 is 0. The standard InChI is InChI=1S/C22H31N3O3/c26-21(17-4-5-17)18-6-8-19(9-7-18)28-16-2-11-24-12-14-25(15-13-24)22(27)20-3-1-10-23-20/h6-9,17,20,23H,1-5,10-16H2. The number of ether oxygens (including phenoxy) is 1. The molecule has 0 bridgehead atoms. The average molecular weight is 386 g/mol. The summed E-state index contributed by atoms with van der Waals surface area (Å²) in [6, 6.07) is 7.61. The molecule has 6 nitrogen and oxygen atoms in total. The van der Waals surface area contributed by atoms with Gasteiger partial charge in [-0.05, 0) is 62.9 Å². The highest BCUT2D eigenvalue weighted by atomic mass is 16.5. The van der Waals surface area contributed by atoms with E-state index in [4.69, 9.17) is 4.74 Å². The number of rotatable bonds is 8. The Balaban J connectivity index is 1.11. The summed E-state index contributed by atoms with van der Waals surface area (Å²) in [5.41, 5.74) is 0.801. The Hall–Kier alpha value is -1.92. The number of hydrogen-bond acceptors (Lipinski definition) is 5. The number of Topliss-reactive ketones (excluding diaryl/α,β-unsaturated/α-hetero) is 1. The molecule has 1 aromatic rings. The van der Waals surface area contributed by atoms with E-state index in [9.17, 15) is 9.59 Å². The number of benzene rings is 1. The van der Waals surface area contributed by atoms with Gasteiger partial charge >= 0.3 is 0 Å². The van der Waals surface area contributed by atoms with E-state index in [0.717, 1.165) is 82.7 Å². The van der Waals surface area contributed by atoms with Crippen LogP contribution in [-0.2, 0) is 4.79 Å². The molecule has 3 aliphatic rings. The summed E-state index contributed by atoms with van der Waals surface area (Å²) < 4.78 is 5.82. The largest absolute Gasteiger partial charge is 0.494 e. The monoisotopic (exact) mass is 385 g/mol. The zero-order valence-electron chi connectivity index (χ0n) is 16.6. The number of piperazine rings is 1. The fourth-order valence-corrected chi connectivity index (χ4v) is 4.08. The Labute approximate surface area is 167 Å². The van der Waals surface area contributed by atoms with Crippen LogP contribution in [0.25, 0.3) is 0 Å². The van der Waals surface area contributed by atoms with Gasteiger partial charge in [0.2, 0.25) is 5.91 Å². The maximum atomic E-state index is 12.4. The second-order valence-electron chi connectivity index (χ2n) is 8.18. The van der Waals surface area contributed by atoms with Gasteiger partial charge in [0.05, 0.1) is 12.6 Å². The van der Waals surface area contributed by atoms with Crippen LogP contribution >= 0.6 is 0 Å². The average Bonchev–Trinajstić information content (AvgIpc) is 3.45. The van der Waals surface area contributed by atoms with E-state index in [1.165, 1.54) is 0 Å². The third-order valence-electron chi connectivity index (χ3n) is 6.02. The van der Waals surface area contributed by atoms with Crippen molar-refractivity contribution in [1.82, 2.24) is 15.1 Å². The smallest absolute Gasteiger partial charge is 0.239 e. The molecule has 1 amide bonds. The van der Waals surface area contributed by atoms with Crippen LogP contribution in [0.3, 0.4) is 0 Å². The topological polar surface area (TPSA) is 61.9 Å². The summed E-state index contributed by atoms with van der Waals surface area (Å²) in [7, 11) is 0. The molecule has 0 spiro atoms. The summed E-state index contributed by atoms with van der Waals surface area (Å²) in [6.07, 6.45) is 5.12. The van der Waals surface area contributed by atoms with E-state index in [2.05, 4.69) is 10.2 Å². The summed E-state index contributed by atoms with van der Waals surface area (Å²) in [5.74, 6) is 1.64. The molecular formula is C22H31N3O3. The number of nitrogens with one attached hydrogen (secondary N) is 1. The van der Waals surface area contributed by atoms with Crippen LogP contribution in [0.4, 0.5) is 0 Å². The second-order valence-corrected chi connectivity index (χ2v) is 8.18. The van der Waals surface area contributed by atoms with Crippen LogP contribution in [0.5, 0.6) is 5.75 Å². The van der Waals surface area contributed by atoms with Crippen molar-refractivity contribution in [2.45, 2.75) is 38.1 Å². The van der Waals surface area contributed by atoms with Crippen LogP contribution in [-0.4, -0.2) is 73.4 Å². The highest BCUT2D eigenvalue weighted by molar-refractivity contribution is 5.99. The zero-order valence-corrected chi connectivity index (χ0v) is 16.6. The van der Waals surface area contributed by atoms with Crippen molar-refractivity contribution in [1.29, 1.82) is 0 Å².